The summed E-state index contributed by atoms with van der Waals surface area (Å²) in [5.74, 6) is 1.65. The van der Waals surface area contributed by atoms with E-state index in [9.17, 15) is 4.39 Å². The molecule has 0 amide bonds. The largest absolute Gasteiger partial charge is 0.493 e. The summed E-state index contributed by atoms with van der Waals surface area (Å²) in [4.78, 5) is 4.16. The minimum atomic E-state index is -0.256. The Morgan fingerprint density at radius 2 is 1.96 bits per heavy atom. The van der Waals surface area contributed by atoms with Gasteiger partial charge in [0.15, 0.2) is 17.5 Å². The van der Waals surface area contributed by atoms with Crippen LogP contribution in [0, 0.1) is 5.82 Å². The Hall–Kier alpha value is -2.03. The molecule has 136 valence electrons. The summed E-state index contributed by atoms with van der Waals surface area (Å²) in [5, 5.41) is 6.31. The Morgan fingerprint density at radius 3 is 2.60 bits per heavy atom. The number of anilines is 1. The summed E-state index contributed by atoms with van der Waals surface area (Å²) >= 11 is 0. The predicted molar refractivity (Wildman–Crippen MR) is 110 cm³/mol. The van der Waals surface area contributed by atoms with Crippen molar-refractivity contribution in [3.63, 3.8) is 0 Å². The van der Waals surface area contributed by atoms with Gasteiger partial charge in [-0.1, -0.05) is 12.1 Å². The highest BCUT2D eigenvalue weighted by Gasteiger charge is 2.07. The Balaban J connectivity index is 0.00000312. The van der Waals surface area contributed by atoms with Crippen LogP contribution < -0.4 is 20.1 Å². The third-order valence-electron chi connectivity index (χ3n) is 3.30. The zero-order valence-electron chi connectivity index (χ0n) is 14.5. The fraction of sp³-hybridized carbons (Fsp3) is 0.278. The second-order valence-corrected chi connectivity index (χ2v) is 4.98. The summed E-state index contributed by atoms with van der Waals surface area (Å²) in [6.45, 7) is 2.95. The van der Waals surface area contributed by atoms with Crippen molar-refractivity contribution in [1.82, 2.24) is 5.32 Å². The van der Waals surface area contributed by atoms with Crippen molar-refractivity contribution in [2.24, 2.45) is 4.99 Å². The van der Waals surface area contributed by atoms with E-state index in [0.29, 0.717) is 30.6 Å². The first kappa shape index (κ1) is 21.0. The molecule has 0 aromatic heterocycles. The van der Waals surface area contributed by atoms with Crippen molar-refractivity contribution >= 4 is 35.6 Å². The van der Waals surface area contributed by atoms with Gasteiger partial charge in [-0.25, -0.2) is 4.39 Å². The molecule has 0 saturated heterocycles. The molecule has 5 nitrogen and oxygen atoms in total. The molecule has 0 aliphatic heterocycles. The molecule has 2 aromatic carbocycles. The van der Waals surface area contributed by atoms with E-state index in [1.165, 1.54) is 12.1 Å². The molecule has 0 spiro atoms. The van der Waals surface area contributed by atoms with Gasteiger partial charge < -0.3 is 20.1 Å². The topological polar surface area (TPSA) is 54.9 Å². The van der Waals surface area contributed by atoms with E-state index in [1.54, 1.807) is 20.2 Å². The van der Waals surface area contributed by atoms with Crippen molar-refractivity contribution in [2.75, 3.05) is 26.1 Å². The van der Waals surface area contributed by atoms with Crippen LogP contribution in [0.15, 0.2) is 47.5 Å². The van der Waals surface area contributed by atoms with Crippen LogP contribution in [0.5, 0.6) is 11.5 Å². The highest BCUT2D eigenvalue weighted by atomic mass is 127. The maximum atomic E-state index is 13.2. The Kier molecular flexibility index (Phi) is 9.04. The van der Waals surface area contributed by atoms with Gasteiger partial charge in [0.1, 0.15) is 5.82 Å². The van der Waals surface area contributed by atoms with Gasteiger partial charge in [0.2, 0.25) is 0 Å². The molecule has 7 heteroatoms. The van der Waals surface area contributed by atoms with Gasteiger partial charge >= 0.3 is 0 Å². The number of hydrogen-bond donors (Lipinski definition) is 2. The first-order chi connectivity index (χ1) is 11.7. The second-order valence-electron chi connectivity index (χ2n) is 4.98. The monoisotopic (exact) mass is 459 g/mol. The van der Waals surface area contributed by atoms with Gasteiger partial charge in [-0.3, -0.25) is 4.99 Å². The molecule has 0 aliphatic rings. The van der Waals surface area contributed by atoms with Crippen LogP contribution in [0.25, 0.3) is 0 Å². The molecule has 0 atom stereocenters. The average molecular weight is 459 g/mol. The van der Waals surface area contributed by atoms with Crippen LogP contribution in [0.4, 0.5) is 10.1 Å². The molecule has 0 fully saturated rings. The molecule has 25 heavy (non-hydrogen) atoms. The molecule has 2 aromatic rings. The van der Waals surface area contributed by atoms with Crippen molar-refractivity contribution in [2.45, 2.75) is 13.5 Å². The van der Waals surface area contributed by atoms with Gasteiger partial charge in [-0.05, 0) is 36.8 Å². The smallest absolute Gasteiger partial charge is 0.195 e. The maximum absolute atomic E-state index is 13.2. The SMILES string of the molecule is CCOc1ccc(NC(=NC)NCc2cccc(F)c2)cc1OC.I. The number of hydrogen-bond acceptors (Lipinski definition) is 3. The number of benzene rings is 2. The normalized spacial score (nSPS) is 10.6. The van der Waals surface area contributed by atoms with Crippen molar-refractivity contribution in [3.05, 3.63) is 53.8 Å². The van der Waals surface area contributed by atoms with E-state index in [0.717, 1.165) is 11.3 Å². The van der Waals surface area contributed by atoms with Crippen LogP contribution in [0.1, 0.15) is 12.5 Å². The zero-order chi connectivity index (χ0) is 17.4. The minimum absolute atomic E-state index is 0. The quantitative estimate of drug-likeness (QED) is 0.389. The first-order valence-electron chi connectivity index (χ1n) is 7.69. The fourth-order valence-electron chi connectivity index (χ4n) is 2.17. The maximum Gasteiger partial charge on any atom is 0.195 e. The Labute approximate surface area is 164 Å². The van der Waals surface area contributed by atoms with E-state index in [4.69, 9.17) is 9.47 Å². The second kappa shape index (κ2) is 10.8. The number of nitrogens with one attached hydrogen (secondary N) is 2. The number of guanidine groups is 1. The summed E-state index contributed by atoms with van der Waals surface area (Å²) in [6.07, 6.45) is 0. The highest BCUT2D eigenvalue weighted by Crippen LogP contribution is 2.30. The van der Waals surface area contributed by atoms with Crippen molar-refractivity contribution in [1.29, 1.82) is 0 Å². The molecular weight excluding hydrogens is 436 g/mol. The van der Waals surface area contributed by atoms with E-state index in [2.05, 4.69) is 15.6 Å². The van der Waals surface area contributed by atoms with Gasteiger partial charge in [-0.2, -0.15) is 0 Å². The van der Waals surface area contributed by atoms with Crippen LogP contribution in [0.3, 0.4) is 0 Å². The van der Waals surface area contributed by atoms with Crippen molar-refractivity contribution < 1.29 is 13.9 Å². The third-order valence-corrected chi connectivity index (χ3v) is 3.30. The van der Waals surface area contributed by atoms with E-state index < -0.39 is 0 Å². The van der Waals surface area contributed by atoms with Crippen molar-refractivity contribution in [3.8, 4) is 11.5 Å². The molecule has 0 bridgehead atoms. The number of rotatable bonds is 6. The number of ether oxygens (including phenoxy) is 2. The van der Waals surface area contributed by atoms with Gasteiger partial charge in [0.05, 0.1) is 13.7 Å². The van der Waals surface area contributed by atoms with Gasteiger partial charge in [0, 0.05) is 25.3 Å². The van der Waals surface area contributed by atoms with E-state index in [1.807, 2.05) is 31.2 Å². The molecule has 2 rings (SSSR count). The lowest BCUT2D eigenvalue weighted by atomic mass is 10.2. The molecule has 0 saturated carbocycles. The standard InChI is InChI=1S/C18H22FN3O2.HI/c1-4-24-16-9-8-15(11-17(16)23-3)22-18(20-2)21-12-13-6-5-7-14(19)10-13;/h5-11H,4,12H2,1-3H3,(H2,20,21,22);1H. The summed E-state index contributed by atoms with van der Waals surface area (Å²) in [6, 6.07) is 12.0. The lowest BCUT2D eigenvalue weighted by Gasteiger charge is -2.14. The summed E-state index contributed by atoms with van der Waals surface area (Å²) in [7, 11) is 3.27. The van der Waals surface area contributed by atoms with Gasteiger partial charge in [-0.15, -0.1) is 24.0 Å². The van der Waals surface area contributed by atoms with E-state index >= 15 is 0 Å². The van der Waals surface area contributed by atoms with Crippen LogP contribution >= 0.6 is 24.0 Å². The number of methoxy groups -OCH3 is 1. The molecular formula is C18H23FIN3O2. The van der Waals surface area contributed by atoms with Crippen LogP contribution in [0.2, 0.25) is 0 Å². The Morgan fingerprint density at radius 1 is 1.16 bits per heavy atom. The predicted octanol–water partition coefficient (Wildman–Crippen LogP) is 4.04. The summed E-state index contributed by atoms with van der Waals surface area (Å²) in [5.41, 5.74) is 1.64. The Bertz CT molecular complexity index is 710. The molecule has 2 N–H and O–H groups in total. The lowest BCUT2D eigenvalue weighted by Crippen LogP contribution is -2.30. The third kappa shape index (κ3) is 6.41. The molecule has 0 unspecified atom stereocenters. The van der Waals surface area contributed by atoms with E-state index in [-0.39, 0.29) is 29.8 Å². The number of aliphatic imine (C=N–C) groups is 1. The molecule has 0 radical (unpaired) electrons. The van der Waals surface area contributed by atoms with Crippen LogP contribution in [-0.4, -0.2) is 26.7 Å². The fourth-order valence-corrected chi connectivity index (χ4v) is 2.17. The number of nitrogens with zero attached hydrogens (tertiary/aromatic N) is 1. The van der Waals surface area contributed by atoms with Gasteiger partial charge in [0.25, 0.3) is 0 Å². The first-order valence-corrected chi connectivity index (χ1v) is 7.69. The zero-order valence-corrected chi connectivity index (χ0v) is 16.8. The summed E-state index contributed by atoms with van der Waals surface area (Å²) < 4.78 is 24.0. The molecule has 0 heterocycles. The highest BCUT2D eigenvalue weighted by molar-refractivity contribution is 14.0. The van der Waals surface area contributed by atoms with Crippen LogP contribution in [-0.2, 0) is 6.54 Å². The molecule has 0 aliphatic carbocycles. The lowest BCUT2D eigenvalue weighted by molar-refractivity contribution is 0.311. The minimum Gasteiger partial charge on any atom is -0.493 e. The average Bonchev–Trinajstić information content (AvgIpc) is 2.60. The number of halogens is 2.